The van der Waals surface area contributed by atoms with E-state index in [1.54, 1.807) is 0 Å². The molecule has 19 heavy (non-hydrogen) atoms. The number of anilines is 1. The van der Waals surface area contributed by atoms with Crippen LogP contribution in [0.25, 0.3) is 0 Å². The Morgan fingerprint density at radius 1 is 1.42 bits per heavy atom. The smallest absolute Gasteiger partial charge is 0.129 e. The van der Waals surface area contributed by atoms with E-state index in [1.807, 2.05) is 6.20 Å². The molecule has 0 bridgehead atoms. The van der Waals surface area contributed by atoms with Crippen LogP contribution < -0.4 is 10.2 Å². The second kappa shape index (κ2) is 6.38. The van der Waals surface area contributed by atoms with Crippen molar-refractivity contribution in [2.75, 3.05) is 11.4 Å². The van der Waals surface area contributed by atoms with E-state index in [0.717, 1.165) is 12.4 Å². The topological polar surface area (TPSA) is 28.2 Å². The Morgan fingerprint density at radius 3 is 2.89 bits per heavy atom. The molecule has 1 saturated heterocycles. The quantitative estimate of drug-likeness (QED) is 0.879. The molecule has 0 aromatic carbocycles. The second-order valence-electron chi connectivity index (χ2n) is 5.62. The number of nitrogens with one attached hydrogen (secondary N) is 1. The molecule has 0 spiro atoms. The van der Waals surface area contributed by atoms with Crippen molar-refractivity contribution in [3.8, 4) is 0 Å². The summed E-state index contributed by atoms with van der Waals surface area (Å²) >= 11 is 0. The lowest BCUT2D eigenvalue weighted by Crippen LogP contribution is -2.35. The highest BCUT2D eigenvalue weighted by atomic mass is 15.3. The molecular formula is C16H27N3. The first-order valence-corrected chi connectivity index (χ1v) is 7.65. The Balaban J connectivity index is 2.22. The minimum absolute atomic E-state index is 0.393. The number of hydrogen-bond acceptors (Lipinski definition) is 3. The van der Waals surface area contributed by atoms with Gasteiger partial charge < -0.3 is 10.2 Å². The first-order chi connectivity index (χ1) is 9.17. The lowest BCUT2D eigenvalue weighted by molar-refractivity contribution is 0.593. The van der Waals surface area contributed by atoms with Crippen molar-refractivity contribution in [2.45, 2.75) is 65.1 Å². The Hall–Kier alpha value is -1.09. The van der Waals surface area contributed by atoms with Crippen LogP contribution in [0.5, 0.6) is 0 Å². The molecule has 1 N–H and O–H groups in total. The molecule has 2 rings (SSSR count). The third kappa shape index (κ3) is 3.08. The molecule has 106 valence electrons. The highest BCUT2D eigenvalue weighted by Gasteiger charge is 2.30. The summed E-state index contributed by atoms with van der Waals surface area (Å²) in [7, 11) is 0. The van der Waals surface area contributed by atoms with Gasteiger partial charge in [0.1, 0.15) is 5.82 Å². The average Bonchev–Trinajstić information content (AvgIpc) is 2.80. The predicted molar refractivity (Wildman–Crippen MR) is 81.6 cm³/mol. The zero-order valence-electron chi connectivity index (χ0n) is 12.7. The van der Waals surface area contributed by atoms with E-state index >= 15 is 0 Å². The predicted octanol–water partition coefficient (Wildman–Crippen LogP) is 3.52. The Labute approximate surface area is 117 Å². The van der Waals surface area contributed by atoms with E-state index in [0.29, 0.717) is 18.1 Å². The van der Waals surface area contributed by atoms with Crippen molar-refractivity contribution in [1.29, 1.82) is 0 Å². The summed E-state index contributed by atoms with van der Waals surface area (Å²) in [5.74, 6) is 1.15. The van der Waals surface area contributed by atoms with Crippen LogP contribution in [0.3, 0.4) is 0 Å². The summed E-state index contributed by atoms with van der Waals surface area (Å²) in [5.41, 5.74) is 1.33. The van der Waals surface area contributed by atoms with Gasteiger partial charge in [-0.1, -0.05) is 13.8 Å². The van der Waals surface area contributed by atoms with Crippen LogP contribution in [-0.2, 0) is 0 Å². The van der Waals surface area contributed by atoms with Gasteiger partial charge in [-0.05, 0) is 57.4 Å². The second-order valence-corrected chi connectivity index (χ2v) is 5.62. The van der Waals surface area contributed by atoms with Crippen molar-refractivity contribution in [3.63, 3.8) is 0 Å². The van der Waals surface area contributed by atoms with Crippen LogP contribution in [0.4, 0.5) is 5.82 Å². The van der Waals surface area contributed by atoms with Gasteiger partial charge in [-0.3, -0.25) is 0 Å². The molecule has 2 heterocycles. The van der Waals surface area contributed by atoms with Crippen molar-refractivity contribution in [3.05, 3.63) is 23.9 Å². The van der Waals surface area contributed by atoms with E-state index in [-0.39, 0.29) is 0 Å². The van der Waals surface area contributed by atoms with Crippen molar-refractivity contribution in [2.24, 2.45) is 0 Å². The van der Waals surface area contributed by atoms with Gasteiger partial charge in [0.15, 0.2) is 0 Å². The zero-order chi connectivity index (χ0) is 13.8. The number of rotatable bonds is 5. The van der Waals surface area contributed by atoms with E-state index in [2.05, 4.69) is 55.0 Å². The first kappa shape index (κ1) is 14.3. The molecule has 1 aromatic rings. The molecule has 3 nitrogen and oxygen atoms in total. The molecule has 1 aliphatic heterocycles. The monoisotopic (exact) mass is 261 g/mol. The molecular weight excluding hydrogens is 234 g/mol. The van der Waals surface area contributed by atoms with Crippen LogP contribution in [0.1, 0.15) is 58.6 Å². The van der Waals surface area contributed by atoms with Gasteiger partial charge in [0.2, 0.25) is 0 Å². The average molecular weight is 261 g/mol. The minimum Gasteiger partial charge on any atom is -0.351 e. The normalized spacial score (nSPS) is 24.7. The van der Waals surface area contributed by atoms with Crippen LogP contribution in [-0.4, -0.2) is 23.6 Å². The molecule has 3 unspecified atom stereocenters. The molecule has 0 radical (unpaired) electrons. The molecule has 1 aromatic heterocycles. The molecule has 0 aliphatic carbocycles. The summed E-state index contributed by atoms with van der Waals surface area (Å²) in [6.07, 6.45) is 5.74. The molecule has 0 saturated carbocycles. The molecule has 1 fully saturated rings. The number of hydrogen-bond donors (Lipinski definition) is 1. The maximum absolute atomic E-state index is 4.61. The SMILES string of the molecule is CCNC(C)c1ccnc(N2C(C)CCC2CC)c1. The Kier molecular flexibility index (Phi) is 4.81. The maximum atomic E-state index is 4.61. The van der Waals surface area contributed by atoms with Gasteiger partial charge in [-0.2, -0.15) is 0 Å². The standard InChI is InChI=1S/C16H27N3/c1-5-15-8-7-12(3)19(15)16-11-14(9-10-18-16)13(4)17-6-2/h9-13,15,17H,5-8H2,1-4H3. The Morgan fingerprint density at radius 2 is 2.21 bits per heavy atom. The van der Waals surface area contributed by atoms with E-state index in [4.69, 9.17) is 0 Å². The minimum atomic E-state index is 0.393. The van der Waals surface area contributed by atoms with Gasteiger partial charge in [0.25, 0.3) is 0 Å². The summed E-state index contributed by atoms with van der Waals surface area (Å²) in [6.45, 7) is 9.96. The molecule has 3 atom stereocenters. The number of aromatic nitrogens is 1. The maximum Gasteiger partial charge on any atom is 0.129 e. The van der Waals surface area contributed by atoms with Crippen LogP contribution in [0, 0.1) is 0 Å². The largest absolute Gasteiger partial charge is 0.351 e. The molecule has 1 aliphatic rings. The lowest BCUT2D eigenvalue weighted by Gasteiger charge is -2.29. The van der Waals surface area contributed by atoms with Gasteiger partial charge in [0.05, 0.1) is 0 Å². The number of nitrogens with zero attached hydrogens (tertiary/aromatic N) is 2. The highest BCUT2D eigenvalue weighted by molar-refractivity contribution is 5.45. The fourth-order valence-electron chi connectivity index (χ4n) is 3.15. The van der Waals surface area contributed by atoms with Crippen LogP contribution >= 0.6 is 0 Å². The van der Waals surface area contributed by atoms with Gasteiger partial charge >= 0.3 is 0 Å². The van der Waals surface area contributed by atoms with E-state index < -0.39 is 0 Å². The first-order valence-electron chi connectivity index (χ1n) is 7.65. The third-order valence-corrected chi connectivity index (χ3v) is 4.30. The van der Waals surface area contributed by atoms with Crippen LogP contribution in [0.15, 0.2) is 18.3 Å². The molecule has 3 heteroatoms. The molecule has 0 amide bonds. The van der Waals surface area contributed by atoms with E-state index in [1.165, 1.54) is 24.8 Å². The van der Waals surface area contributed by atoms with Gasteiger partial charge in [-0.25, -0.2) is 4.98 Å². The summed E-state index contributed by atoms with van der Waals surface area (Å²) in [5, 5.41) is 3.47. The fraction of sp³-hybridized carbons (Fsp3) is 0.688. The summed E-state index contributed by atoms with van der Waals surface area (Å²) in [6, 6.07) is 6.05. The van der Waals surface area contributed by atoms with Crippen molar-refractivity contribution in [1.82, 2.24) is 10.3 Å². The summed E-state index contributed by atoms with van der Waals surface area (Å²) in [4.78, 5) is 7.13. The van der Waals surface area contributed by atoms with Crippen molar-refractivity contribution >= 4 is 5.82 Å². The lowest BCUT2D eigenvalue weighted by atomic mass is 10.1. The van der Waals surface area contributed by atoms with E-state index in [9.17, 15) is 0 Å². The summed E-state index contributed by atoms with van der Waals surface area (Å²) < 4.78 is 0. The van der Waals surface area contributed by atoms with Gasteiger partial charge in [-0.15, -0.1) is 0 Å². The third-order valence-electron chi connectivity index (χ3n) is 4.30. The zero-order valence-corrected chi connectivity index (χ0v) is 12.7. The van der Waals surface area contributed by atoms with Gasteiger partial charge in [0, 0.05) is 24.3 Å². The fourth-order valence-corrected chi connectivity index (χ4v) is 3.15. The van der Waals surface area contributed by atoms with Crippen molar-refractivity contribution < 1.29 is 0 Å². The van der Waals surface area contributed by atoms with Crippen LogP contribution in [0.2, 0.25) is 0 Å². The Bertz CT molecular complexity index is 405. The highest BCUT2D eigenvalue weighted by Crippen LogP contribution is 2.31. The number of pyridine rings is 1.